The maximum Gasteiger partial charge on any atom is 0.313 e. The van der Waals surface area contributed by atoms with Gasteiger partial charge in [-0.05, 0) is 24.1 Å². The Labute approximate surface area is 108 Å². The fraction of sp³-hybridized carbons (Fsp3) is 0.500. The Hall–Kier alpha value is -1.71. The van der Waals surface area contributed by atoms with Crippen molar-refractivity contribution in [2.75, 3.05) is 21.3 Å². The van der Waals surface area contributed by atoms with Gasteiger partial charge >= 0.3 is 5.97 Å². The van der Waals surface area contributed by atoms with Crippen molar-refractivity contribution < 1.29 is 19.0 Å². The van der Waals surface area contributed by atoms with Crippen LogP contribution in [0.4, 0.5) is 0 Å². The van der Waals surface area contributed by atoms with E-state index in [9.17, 15) is 4.79 Å². The lowest BCUT2D eigenvalue weighted by Gasteiger charge is -2.16. The molecule has 0 bridgehead atoms. The van der Waals surface area contributed by atoms with Gasteiger partial charge < -0.3 is 14.2 Å². The van der Waals surface area contributed by atoms with E-state index in [0.717, 1.165) is 18.4 Å². The quantitative estimate of drug-likeness (QED) is 0.730. The van der Waals surface area contributed by atoms with E-state index in [4.69, 9.17) is 14.2 Å². The number of benzene rings is 1. The highest BCUT2D eigenvalue weighted by molar-refractivity contribution is 5.78. The molecule has 0 radical (unpaired) electrons. The van der Waals surface area contributed by atoms with E-state index < -0.39 is 0 Å². The monoisotopic (exact) mass is 252 g/mol. The molecule has 18 heavy (non-hydrogen) atoms. The fourth-order valence-corrected chi connectivity index (χ4v) is 1.92. The minimum absolute atomic E-state index is 0.218. The molecule has 0 fully saturated rings. The predicted molar refractivity (Wildman–Crippen MR) is 69.2 cm³/mol. The Morgan fingerprint density at radius 2 is 1.83 bits per heavy atom. The molecule has 100 valence electrons. The van der Waals surface area contributed by atoms with Crippen LogP contribution in [0.1, 0.15) is 31.2 Å². The number of esters is 1. The van der Waals surface area contributed by atoms with Gasteiger partial charge in [0, 0.05) is 0 Å². The molecule has 0 saturated carbocycles. The molecule has 4 nitrogen and oxygen atoms in total. The highest BCUT2D eigenvalue weighted by atomic mass is 16.5. The molecule has 1 atom stereocenters. The van der Waals surface area contributed by atoms with Crippen LogP contribution < -0.4 is 9.47 Å². The van der Waals surface area contributed by atoms with Gasteiger partial charge in [-0.1, -0.05) is 19.4 Å². The third kappa shape index (κ3) is 3.15. The first kappa shape index (κ1) is 14.4. The van der Waals surface area contributed by atoms with Crippen LogP contribution in [0.2, 0.25) is 0 Å². The zero-order valence-electron chi connectivity index (χ0n) is 11.4. The van der Waals surface area contributed by atoms with Crippen molar-refractivity contribution in [1.82, 2.24) is 0 Å². The first-order valence-corrected chi connectivity index (χ1v) is 5.97. The Balaban J connectivity index is 3.08. The van der Waals surface area contributed by atoms with Crippen LogP contribution in [0.25, 0.3) is 0 Å². The van der Waals surface area contributed by atoms with Gasteiger partial charge in [-0.3, -0.25) is 4.79 Å². The Morgan fingerprint density at radius 1 is 1.17 bits per heavy atom. The van der Waals surface area contributed by atoms with Crippen molar-refractivity contribution in [2.24, 2.45) is 0 Å². The zero-order chi connectivity index (χ0) is 13.5. The molecule has 0 spiro atoms. The first-order valence-electron chi connectivity index (χ1n) is 5.97. The van der Waals surface area contributed by atoms with Crippen molar-refractivity contribution in [3.63, 3.8) is 0 Å². The number of rotatable bonds is 6. The van der Waals surface area contributed by atoms with Crippen molar-refractivity contribution in [3.8, 4) is 11.5 Å². The summed E-state index contributed by atoms with van der Waals surface area (Å²) < 4.78 is 15.3. The van der Waals surface area contributed by atoms with E-state index in [1.165, 1.54) is 7.11 Å². The van der Waals surface area contributed by atoms with Gasteiger partial charge in [0.1, 0.15) is 0 Å². The predicted octanol–water partition coefficient (Wildman–Crippen LogP) is 2.76. The van der Waals surface area contributed by atoms with Gasteiger partial charge in [0.2, 0.25) is 0 Å². The zero-order valence-corrected chi connectivity index (χ0v) is 11.4. The Bertz CT molecular complexity index is 401. The summed E-state index contributed by atoms with van der Waals surface area (Å²) in [6, 6.07) is 5.51. The van der Waals surface area contributed by atoms with E-state index in [2.05, 4.69) is 0 Å². The lowest BCUT2D eigenvalue weighted by atomic mass is 9.94. The third-order valence-corrected chi connectivity index (χ3v) is 2.87. The van der Waals surface area contributed by atoms with Gasteiger partial charge in [-0.25, -0.2) is 0 Å². The second kappa shape index (κ2) is 6.89. The summed E-state index contributed by atoms with van der Waals surface area (Å²) in [7, 11) is 4.57. The SMILES string of the molecule is CCC[C@H](C(=O)OC)c1ccc(OC)c(OC)c1. The van der Waals surface area contributed by atoms with Gasteiger partial charge in [0.25, 0.3) is 0 Å². The highest BCUT2D eigenvalue weighted by Crippen LogP contribution is 2.32. The summed E-state index contributed by atoms with van der Waals surface area (Å²) in [5.41, 5.74) is 0.890. The maximum absolute atomic E-state index is 11.8. The summed E-state index contributed by atoms with van der Waals surface area (Å²) in [6.45, 7) is 2.04. The third-order valence-electron chi connectivity index (χ3n) is 2.87. The molecule has 0 unspecified atom stereocenters. The number of hydrogen-bond acceptors (Lipinski definition) is 4. The molecular formula is C14H20O4. The number of ether oxygens (including phenoxy) is 3. The molecule has 0 amide bonds. The molecule has 0 aliphatic carbocycles. The minimum Gasteiger partial charge on any atom is -0.493 e. The molecule has 0 aliphatic rings. The average molecular weight is 252 g/mol. The van der Waals surface area contributed by atoms with E-state index in [1.807, 2.05) is 19.1 Å². The number of methoxy groups -OCH3 is 3. The van der Waals surface area contributed by atoms with Crippen molar-refractivity contribution >= 4 is 5.97 Å². The van der Waals surface area contributed by atoms with Crippen LogP contribution in [0.5, 0.6) is 11.5 Å². The molecule has 0 N–H and O–H groups in total. The lowest BCUT2D eigenvalue weighted by molar-refractivity contribution is -0.142. The molecule has 0 aromatic heterocycles. The smallest absolute Gasteiger partial charge is 0.313 e. The van der Waals surface area contributed by atoms with Gasteiger partial charge in [-0.2, -0.15) is 0 Å². The summed E-state index contributed by atoms with van der Waals surface area (Å²) in [5.74, 6) is 0.810. The van der Waals surface area contributed by atoms with Gasteiger partial charge in [0.05, 0.1) is 27.2 Å². The van der Waals surface area contributed by atoms with Crippen LogP contribution in [-0.4, -0.2) is 27.3 Å². The number of carbonyl (C=O) groups excluding carboxylic acids is 1. The van der Waals surface area contributed by atoms with Crippen LogP contribution in [0, 0.1) is 0 Å². The van der Waals surface area contributed by atoms with Gasteiger partial charge in [0.15, 0.2) is 11.5 Å². The average Bonchev–Trinajstić information content (AvgIpc) is 2.43. The molecule has 0 heterocycles. The molecule has 1 aromatic carbocycles. The second-order valence-corrected chi connectivity index (χ2v) is 3.98. The van der Waals surface area contributed by atoms with E-state index in [-0.39, 0.29) is 11.9 Å². The van der Waals surface area contributed by atoms with E-state index in [1.54, 1.807) is 20.3 Å². The normalized spacial score (nSPS) is 11.8. The maximum atomic E-state index is 11.8. The highest BCUT2D eigenvalue weighted by Gasteiger charge is 2.21. The summed E-state index contributed by atoms with van der Waals surface area (Å²) in [5, 5.41) is 0. The Kier molecular flexibility index (Phi) is 5.49. The van der Waals surface area contributed by atoms with Gasteiger partial charge in [-0.15, -0.1) is 0 Å². The van der Waals surface area contributed by atoms with Crippen LogP contribution in [0.15, 0.2) is 18.2 Å². The fourth-order valence-electron chi connectivity index (χ4n) is 1.92. The molecule has 0 saturated heterocycles. The van der Waals surface area contributed by atoms with E-state index in [0.29, 0.717) is 11.5 Å². The molecule has 4 heteroatoms. The lowest BCUT2D eigenvalue weighted by Crippen LogP contribution is -2.14. The Morgan fingerprint density at radius 3 is 2.33 bits per heavy atom. The molecule has 0 aliphatic heterocycles. The topological polar surface area (TPSA) is 44.8 Å². The molecule has 1 rings (SSSR count). The summed E-state index contributed by atoms with van der Waals surface area (Å²) in [6.07, 6.45) is 1.66. The van der Waals surface area contributed by atoms with Crippen LogP contribution >= 0.6 is 0 Å². The number of carbonyl (C=O) groups is 1. The van der Waals surface area contributed by atoms with Crippen molar-refractivity contribution in [1.29, 1.82) is 0 Å². The summed E-state index contributed by atoms with van der Waals surface area (Å²) >= 11 is 0. The standard InChI is InChI=1S/C14H20O4/c1-5-6-11(14(15)18-4)10-7-8-12(16-2)13(9-10)17-3/h7-9,11H,5-6H2,1-4H3/t11-/m0/s1. The molecule has 1 aromatic rings. The van der Waals surface area contributed by atoms with Crippen LogP contribution in [-0.2, 0) is 9.53 Å². The van der Waals surface area contributed by atoms with E-state index >= 15 is 0 Å². The second-order valence-electron chi connectivity index (χ2n) is 3.98. The molecular weight excluding hydrogens is 232 g/mol. The largest absolute Gasteiger partial charge is 0.493 e. The first-order chi connectivity index (χ1) is 8.67. The minimum atomic E-state index is -0.250. The number of hydrogen-bond donors (Lipinski definition) is 0. The van der Waals surface area contributed by atoms with Crippen molar-refractivity contribution in [3.05, 3.63) is 23.8 Å². The summed E-state index contributed by atoms with van der Waals surface area (Å²) in [4.78, 5) is 11.8. The van der Waals surface area contributed by atoms with Crippen molar-refractivity contribution in [2.45, 2.75) is 25.7 Å². The van der Waals surface area contributed by atoms with Crippen LogP contribution in [0.3, 0.4) is 0 Å².